The molecule has 1 aromatic carbocycles. The molecular weight excluding hydrogens is 197 g/mol. The van der Waals surface area contributed by atoms with Crippen LogP contribution in [0.25, 0.3) is 0 Å². The van der Waals surface area contributed by atoms with Gasteiger partial charge in [-0.15, -0.1) is 0 Å². The molecule has 13 heavy (non-hydrogen) atoms. The van der Waals surface area contributed by atoms with Gasteiger partial charge in [0.25, 0.3) is 0 Å². The van der Waals surface area contributed by atoms with Gasteiger partial charge in [0.15, 0.2) is 0 Å². The monoisotopic (exact) mass is 204 g/mol. The fraction of sp³-hybridized carbons (Fsp3) is 0.222. The molecule has 0 fully saturated rings. The van der Waals surface area contributed by atoms with Crippen LogP contribution in [0.15, 0.2) is 18.2 Å². The Kier molecular flexibility index (Phi) is 2.71. The maximum atomic E-state index is 12.3. The average molecular weight is 204 g/mol. The number of alkyl halides is 3. The summed E-state index contributed by atoms with van der Waals surface area (Å²) >= 11 is 4.49. The van der Waals surface area contributed by atoms with Crippen molar-refractivity contribution in [3.05, 3.63) is 34.9 Å². The van der Waals surface area contributed by atoms with Crippen molar-refractivity contribution in [2.24, 2.45) is 0 Å². The molecule has 0 aliphatic carbocycles. The molecule has 0 radical (unpaired) electrons. The maximum Gasteiger partial charge on any atom is 0.417 e. The lowest BCUT2D eigenvalue weighted by Crippen LogP contribution is -2.08. The Hall–Kier alpha value is -0.900. The van der Waals surface area contributed by atoms with Crippen molar-refractivity contribution in [1.29, 1.82) is 0 Å². The second-order valence-electron chi connectivity index (χ2n) is 2.71. The maximum absolute atomic E-state index is 12.3. The van der Waals surface area contributed by atoms with Crippen LogP contribution >= 0.6 is 12.2 Å². The third kappa shape index (κ3) is 2.28. The Morgan fingerprint density at radius 2 is 1.92 bits per heavy atom. The van der Waals surface area contributed by atoms with Gasteiger partial charge in [-0.25, -0.2) is 0 Å². The van der Waals surface area contributed by atoms with Gasteiger partial charge < -0.3 is 0 Å². The van der Waals surface area contributed by atoms with Gasteiger partial charge >= 0.3 is 6.18 Å². The van der Waals surface area contributed by atoms with Gasteiger partial charge in [-0.3, -0.25) is 0 Å². The van der Waals surface area contributed by atoms with E-state index in [1.165, 1.54) is 6.07 Å². The lowest BCUT2D eigenvalue weighted by molar-refractivity contribution is -0.137. The zero-order chi connectivity index (χ0) is 10.1. The van der Waals surface area contributed by atoms with E-state index in [0.717, 1.165) is 11.4 Å². The number of thiocarbonyl (C=S) groups is 1. The standard InChI is InChI=1S/C9H7F3S/c1-6-2-3-7(5-13)8(4-6)9(10,11)12/h2-5H,1H3. The van der Waals surface area contributed by atoms with Crippen molar-refractivity contribution >= 4 is 17.6 Å². The second-order valence-corrected chi connectivity index (χ2v) is 2.94. The quantitative estimate of drug-likeness (QED) is 0.632. The molecule has 0 amide bonds. The number of benzene rings is 1. The molecular formula is C9H7F3S. The molecule has 0 saturated heterocycles. The summed E-state index contributed by atoms with van der Waals surface area (Å²) in [7, 11) is 0. The highest BCUT2D eigenvalue weighted by atomic mass is 32.1. The molecule has 0 aromatic heterocycles. The highest BCUT2D eigenvalue weighted by molar-refractivity contribution is 7.79. The molecule has 0 spiro atoms. The molecule has 0 atom stereocenters. The fourth-order valence-electron chi connectivity index (χ4n) is 1.02. The van der Waals surface area contributed by atoms with E-state index in [1.807, 2.05) is 0 Å². The average Bonchev–Trinajstić information content (AvgIpc) is 2.03. The molecule has 0 aliphatic rings. The first kappa shape index (κ1) is 10.2. The Labute approximate surface area is 79.4 Å². The number of halogens is 3. The first-order valence-electron chi connectivity index (χ1n) is 3.58. The minimum absolute atomic E-state index is 0.0492. The van der Waals surface area contributed by atoms with Crippen molar-refractivity contribution in [3.63, 3.8) is 0 Å². The van der Waals surface area contributed by atoms with Gasteiger partial charge in [0, 0.05) is 5.37 Å². The van der Waals surface area contributed by atoms with Crippen LogP contribution in [0.2, 0.25) is 0 Å². The smallest absolute Gasteiger partial charge is 0.166 e. The molecule has 1 aromatic rings. The van der Waals surface area contributed by atoms with E-state index >= 15 is 0 Å². The zero-order valence-electron chi connectivity index (χ0n) is 6.85. The highest BCUT2D eigenvalue weighted by Gasteiger charge is 2.32. The lowest BCUT2D eigenvalue weighted by atomic mass is 10.1. The summed E-state index contributed by atoms with van der Waals surface area (Å²) in [4.78, 5) is 0. The van der Waals surface area contributed by atoms with Crippen molar-refractivity contribution < 1.29 is 13.2 Å². The largest absolute Gasteiger partial charge is 0.417 e. The van der Waals surface area contributed by atoms with Crippen molar-refractivity contribution in [3.8, 4) is 0 Å². The van der Waals surface area contributed by atoms with E-state index in [0.29, 0.717) is 5.56 Å². The van der Waals surface area contributed by atoms with Crippen LogP contribution in [0.4, 0.5) is 13.2 Å². The van der Waals surface area contributed by atoms with Crippen LogP contribution in [0.5, 0.6) is 0 Å². The molecule has 0 aliphatic heterocycles. The summed E-state index contributed by atoms with van der Waals surface area (Å²) in [6.07, 6.45) is -4.32. The van der Waals surface area contributed by atoms with Gasteiger partial charge in [-0.05, 0) is 18.6 Å². The van der Waals surface area contributed by atoms with Crippen molar-refractivity contribution in [1.82, 2.24) is 0 Å². The molecule has 0 bridgehead atoms. The molecule has 1 rings (SSSR count). The van der Waals surface area contributed by atoms with Crippen LogP contribution in [0.3, 0.4) is 0 Å². The topological polar surface area (TPSA) is 0 Å². The summed E-state index contributed by atoms with van der Waals surface area (Å²) in [5, 5.41) is 1.04. The summed E-state index contributed by atoms with van der Waals surface area (Å²) in [6, 6.07) is 4.08. The molecule has 4 heteroatoms. The Morgan fingerprint density at radius 1 is 1.31 bits per heavy atom. The normalized spacial score (nSPS) is 11.4. The molecule has 0 N–H and O–H groups in total. The van der Waals surface area contributed by atoms with Gasteiger partial charge in [0.1, 0.15) is 0 Å². The summed E-state index contributed by atoms with van der Waals surface area (Å²) < 4.78 is 37.0. The number of hydrogen-bond donors (Lipinski definition) is 0. The van der Waals surface area contributed by atoms with Crippen LogP contribution in [0, 0.1) is 6.92 Å². The third-order valence-corrected chi connectivity index (χ3v) is 1.90. The highest BCUT2D eigenvalue weighted by Crippen LogP contribution is 2.31. The van der Waals surface area contributed by atoms with Gasteiger partial charge in [-0.1, -0.05) is 29.9 Å². The first-order valence-corrected chi connectivity index (χ1v) is 4.05. The number of hydrogen-bond acceptors (Lipinski definition) is 1. The van der Waals surface area contributed by atoms with Crippen LogP contribution < -0.4 is 0 Å². The van der Waals surface area contributed by atoms with Crippen LogP contribution in [-0.2, 0) is 6.18 Å². The van der Waals surface area contributed by atoms with E-state index in [-0.39, 0.29) is 5.56 Å². The van der Waals surface area contributed by atoms with Crippen molar-refractivity contribution in [2.45, 2.75) is 13.1 Å². The molecule has 70 valence electrons. The van der Waals surface area contributed by atoms with Crippen LogP contribution in [0.1, 0.15) is 16.7 Å². The summed E-state index contributed by atoms with van der Waals surface area (Å²) in [6.45, 7) is 1.61. The summed E-state index contributed by atoms with van der Waals surface area (Å²) in [5.74, 6) is 0. The van der Waals surface area contributed by atoms with E-state index in [4.69, 9.17) is 0 Å². The third-order valence-electron chi connectivity index (χ3n) is 1.64. The lowest BCUT2D eigenvalue weighted by Gasteiger charge is -2.10. The van der Waals surface area contributed by atoms with E-state index in [1.54, 1.807) is 13.0 Å². The van der Waals surface area contributed by atoms with Gasteiger partial charge in [-0.2, -0.15) is 13.2 Å². The summed E-state index contributed by atoms with van der Waals surface area (Å²) in [5.41, 5.74) is -0.0384. The van der Waals surface area contributed by atoms with E-state index < -0.39 is 11.7 Å². The predicted octanol–water partition coefficient (Wildman–Crippen LogP) is 3.36. The van der Waals surface area contributed by atoms with Gasteiger partial charge in [0.2, 0.25) is 0 Å². The number of rotatable bonds is 1. The molecule has 0 heterocycles. The zero-order valence-corrected chi connectivity index (χ0v) is 7.67. The minimum Gasteiger partial charge on any atom is -0.166 e. The predicted molar refractivity (Wildman–Crippen MR) is 48.9 cm³/mol. The molecule has 0 unspecified atom stereocenters. The SMILES string of the molecule is Cc1ccc(C=S)c(C(F)(F)F)c1. The van der Waals surface area contributed by atoms with Crippen molar-refractivity contribution in [2.75, 3.05) is 0 Å². The van der Waals surface area contributed by atoms with E-state index in [2.05, 4.69) is 12.2 Å². The second kappa shape index (κ2) is 3.46. The Balaban J connectivity index is 3.32. The number of aryl methyl sites for hydroxylation is 1. The van der Waals surface area contributed by atoms with Crippen LogP contribution in [-0.4, -0.2) is 5.37 Å². The Bertz CT molecular complexity index is 328. The first-order chi connectivity index (χ1) is 5.95. The van der Waals surface area contributed by atoms with E-state index in [9.17, 15) is 13.2 Å². The minimum atomic E-state index is -4.32. The van der Waals surface area contributed by atoms with Gasteiger partial charge in [0.05, 0.1) is 5.56 Å². The fourth-order valence-corrected chi connectivity index (χ4v) is 1.22. The molecule has 0 nitrogen and oxygen atoms in total. The molecule has 0 saturated carbocycles. The Morgan fingerprint density at radius 3 is 2.38 bits per heavy atom.